The molecule has 2 atom stereocenters. The number of carbonyl (C=O) groups is 3. The quantitative estimate of drug-likeness (QED) is 0.761. The normalized spacial score (nSPS) is 22.4. The highest BCUT2D eigenvalue weighted by atomic mass is 16.2. The molecule has 3 amide bonds. The van der Waals surface area contributed by atoms with Crippen LogP contribution in [-0.2, 0) is 27.3 Å². The third kappa shape index (κ3) is 4.39. The Morgan fingerprint density at radius 2 is 1.64 bits per heavy atom. The molecule has 2 aliphatic heterocycles. The summed E-state index contributed by atoms with van der Waals surface area (Å²) in [6.07, 6.45) is 5.90. The minimum Gasteiger partial charge on any atom is -0.352 e. The van der Waals surface area contributed by atoms with Gasteiger partial charge in [0, 0.05) is 43.3 Å². The van der Waals surface area contributed by atoms with E-state index in [1.54, 1.807) is 0 Å². The van der Waals surface area contributed by atoms with Crippen molar-refractivity contribution in [1.29, 1.82) is 0 Å². The molecule has 1 saturated heterocycles. The van der Waals surface area contributed by atoms with Gasteiger partial charge in [0.25, 0.3) is 0 Å². The smallest absolute Gasteiger partial charge is 0.230 e. The van der Waals surface area contributed by atoms with E-state index in [-0.39, 0.29) is 29.6 Å². The fraction of sp³-hybridized carbons (Fsp3) is 0.444. The minimum atomic E-state index is -0.277. The molecule has 2 aromatic carbocycles. The van der Waals surface area contributed by atoms with Crippen LogP contribution in [0, 0.1) is 11.8 Å². The summed E-state index contributed by atoms with van der Waals surface area (Å²) in [6, 6.07) is 15.9. The second kappa shape index (κ2) is 9.38. The maximum absolute atomic E-state index is 13.5. The molecule has 0 bridgehead atoms. The Morgan fingerprint density at radius 3 is 2.39 bits per heavy atom. The number of nitrogens with zero attached hydrogens (tertiary/aromatic N) is 2. The molecule has 2 fully saturated rings. The molecule has 0 radical (unpaired) electrons. The lowest BCUT2D eigenvalue weighted by molar-refractivity contribution is -0.135. The first-order valence-corrected chi connectivity index (χ1v) is 12.2. The molecule has 6 nitrogen and oxygen atoms in total. The zero-order valence-electron chi connectivity index (χ0n) is 19.0. The molecule has 3 aliphatic rings. The van der Waals surface area contributed by atoms with Gasteiger partial charge in [0.1, 0.15) is 0 Å². The Bertz CT molecular complexity index is 1050. The monoisotopic (exact) mass is 445 g/mol. The topological polar surface area (TPSA) is 69.7 Å². The van der Waals surface area contributed by atoms with Gasteiger partial charge < -0.3 is 15.1 Å². The molecule has 172 valence electrons. The van der Waals surface area contributed by atoms with Crippen LogP contribution in [0.5, 0.6) is 0 Å². The summed E-state index contributed by atoms with van der Waals surface area (Å²) >= 11 is 0. The van der Waals surface area contributed by atoms with Crippen molar-refractivity contribution in [2.75, 3.05) is 22.9 Å². The number of anilines is 2. The molecule has 5 rings (SSSR count). The van der Waals surface area contributed by atoms with Gasteiger partial charge in [-0.25, -0.2) is 0 Å². The van der Waals surface area contributed by atoms with Gasteiger partial charge >= 0.3 is 0 Å². The first-order valence-electron chi connectivity index (χ1n) is 12.2. The first kappa shape index (κ1) is 21.7. The summed E-state index contributed by atoms with van der Waals surface area (Å²) < 4.78 is 0. The van der Waals surface area contributed by atoms with Crippen LogP contribution in [0.25, 0.3) is 0 Å². The molecule has 0 unspecified atom stereocenters. The SMILES string of the molecule is O=C(NCc1ccc(N2CCCC2=O)cc1)[C@@H]1CCCC[C@@H]1C(=O)N1CCc2ccccc21. The average Bonchev–Trinajstić information content (AvgIpc) is 3.48. The van der Waals surface area contributed by atoms with Gasteiger partial charge in [-0.05, 0) is 55.0 Å². The van der Waals surface area contributed by atoms with E-state index in [2.05, 4.69) is 11.4 Å². The second-order valence-corrected chi connectivity index (χ2v) is 9.40. The number of fused-ring (bicyclic) bond motifs is 1. The highest BCUT2D eigenvalue weighted by Gasteiger charge is 2.39. The Hall–Kier alpha value is -3.15. The van der Waals surface area contributed by atoms with Crippen molar-refractivity contribution in [2.45, 2.75) is 51.5 Å². The van der Waals surface area contributed by atoms with Crippen LogP contribution in [0.15, 0.2) is 48.5 Å². The van der Waals surface area contributed by atoms with Gasteiger partial charge in [0.15, 0.2) is 0 Å². The Kier molecular flexibility index (Phi) is 6.16. The summed E-state index contributed by atoms with van der Waals surface area (Å²) in [7, 11) is 0. The number of benzene rings is 2. The molecule has 1 saturated carbocycles. The number of para-hydroxylation sites is 1. The van der Waals surface area contributed by atoms with Gasteiger partial charge in [0.05, 0.1) is 5.92 Å². The molecular formula is C27H31N3O3. The molecule has 2 aromatic rings. The van der Waals surface area contributed by atoms with Crippen LogP contribution in [0.4, 0.5) is 11.4 Å². The summed E-state index contributed by atoms with van der Waals surface area (Å²) in [6.45, 7) is 1.90. The number of rotatable bonds is 5. The van der Waals surface area contributed by atoms with E-state index in [1.165, 1.54) is 5.56 Å². The molecule has 33 heavy (non-hydrogen) atoms. The third-order valence-electron chi connectivity index (χ3n) is 7.36. The van der Waals surface area contributed by atoms with Crippen molar-refractivity contribution in [1.82, 2.24) is 5.32 Å². The van der Waals surface area contributed by atoms with Crippen LogP contribution in [0.3, 0.4) is 0 Å². The molecular weight excluding hydrogens is 414 g/mol. The fourth-order valence-electron chi connectivity index (χ4n) is 5.54. The van der Waals surface area contributed by atoms with Crippen LogP contribution in [0.2, 0.25) is 0 Å². The van der Waals surface area contributed by atoms with E-state index in [4.69, 9.17) is 0 Å². The largest absolute Gasteiger partial charge is 0.352 e. The number of hydrogen-bond donors (Lipinski definition) is 1. The van der Waals surface area contributed by atoms with Gasteiger partial charge in [-0.1, -0.05) is 43.2 Å². The van der Waals surface area contributed by atoms with Crippen LogP contribution in [-0.4, -0.2) is 30.8 Å². The number of hydrogen-bond acceptors (Lipinski definition) is 3. The summed E-state index contributed by atoms with van der Waals surface area (Å²) in [5.74, 6) is -0.294. The molecule has 1 aliphatic carbocycles. The predicted molar refractivity (Wildman–Crippen MR) is 128 cm³/mol. The maximum Gasteiger partial charge on any atom is 0.230 e. The van der Waals surface area contributed by atoms with Crippen LogP contribution in [0.1, 0.15) is 49.7 Å². The molecule has 2 heterocycles. The fourth-order valence-corrected chi connectivity index (χ4v) is 5.54. The summed E-state index contributed by atoms with van der Waals surface area (Å²) in [5, 5.41) is 3.07. The average molecular weight is 446 g/mol. The maximum atomic E-state index is 13.5. The van der Waals surface area contributed by atoms with Gasteiger partial charge in [0.2, 0.25) is 17.7 Å². The lowest BCUT2D eigenvalue weighted by Crippen LogP contribution is -2.45. The minimum absolute atomic E-state index is 0.0284. The standard InChI is InChI=1S/C27H31N3O3/c31-25-10-5-16-29(25)21-13-11-19(12-14-21)18-28-26(32)22-7-2-3-8-23(22)27(33)30-17-15-20-6-1-4-9-24(20)30/h1,4,6,9,11-14,22-23H,2-3,5,7-8,10,15-18H2,(H,28,32)/t22-,23+/m1/s1. The summed E-state index contributed by atoms with van der Waals surface area (Å²) in [5.41, 5.74) is 4.12. The second-order valence-electron chi connectivity index (χ2n) is 9.40. The highest BCUT2D eigenvalue weighted by molar-refractivity contribution is 5.99. The zero-order chi connectivity index (χ0) is 22.8. The molecule has 0 aromatic heterocycles. The Morgan fingerprint density at radius 1 is 0.879 bits per heavy atom. The van der Waals surface area contributed by atoms with E-state index < -0.39 is 0 Å². The number of nitrogens with one attached hydrogen (secondary N) is 1. The predicted octanol–water partition coefficient (Wildman–Crippen LogP) is 3.83. The van der Waals surface area contributed by atoms with Crippen LogP contribution >= 0.6 is 0 Å². The molecule has 1 N–H and O–H groups in total. The van der Waals surface area contributed by atoms with Crippen molar-refractivity contribution in [2.24, 2.45) is 11.8 Å². The lowest BCUT2D eigenvalue weighted by Gasteiger charge is -2.32. The van der Waals surface area contributed by atoms with Gasteiger partial charge in [-0.3, -0.25) is 14.4 Å². The van der Waals surface area contributed by atoms with Crippen molar-refractivity contribution in [3.63, 3.8) is 0 Å². The van der Waals surface area contributed by atoms with E-state index in [0.29, 0.717) is 19.5 Å². The van der Waals surface area contributed by atoms with Gasteiger partial charge in [-0.15, -0.1) is 0 Å². The summed E-state index contributed by atoms with van der Waals surface area (Å²) in [4.78, 5) is 42.2. The van der Waals surface area contributed by atoms with Crippen molar-refractivity contribution < 1.29 is 14.4 Å². The number of amides is 3. The van der Waals surface area contributed by atoms with Crippen molar-refractivity contribution in [3.8, 4) is 0 Å². The van der Waals surface area contributed by atoms with Crippen molar-refractivity contribution >= 4 is 29.1 Å². The first-order chi connectivity index (χ1) is 16.1. The Labute approximate surface area is 194 Å². The van der Waals surface area contributed by atoms with Crippen molar-refractivity contribution in [3.05, 3.63) is 59.7 Å². The number of carbonyl (C=O) groups excluding carboxylic acids is 3. The van der Waals surface area contributed by atoms with Crippen LogP contribution < -0.4 is 15.1 Å². The zero-order valence-corrected chi connectivity index (χ0v) is 19.0. The molecule has 6 heteroatoms. The van der Waals surface area contributed by atoms with E-state index in [0.717, 1.165) is 62.0 Å². The highest BCUT2D eigenvalue weighted by Crippen LogP contribution is 2.36. The van der Waals surface area contributed by atoms with E-state index in [1.807, 2.05) is 52.3 Å². The van der Waals surface area contributed by atoms with Gasteiger partial charge in [-0.2, -0.15) is 0 Å². The van der Waals surface area contributed by atoms with E-state index >= 15 is 0 Å². The lowest BCUT2D eigenvalue weighted by atomic mass is 9.77. The van der Waals surface area contributed by atoms with E-state index in [9.17, 15) is 14.4 Å². The third-order valence-corrected chi connectivity index (χ3v) is 7.36. The molecule has 0 spiro atoms. The Balaban J connectivity index is 1.22.